The number of hydrogen-bond acceptors (Lipinski definition) is 3. The van der Waals surface area contributed by atoms with E-state index in [1.807, 2.05) is 13.0 Å². The smallest absolute Gasteiger partial charge is 0.243 e. The van der Waals surface area contributed by atoms with Gasteiger partial charge in [0.05, 0.1) is 4.90 Å². The molecule has 0 fully saturated rings. The highest BCUT2D eigenvalue weighted by Crippen LogP contribution is 2.41. The molecule has 0 radical (unpaired) electrons. The molecular weight excluding hydrogens is 368 g/mol. The molecule has 1 aliphatic carbocycles. The van der Waals surface area contributed by atoms with Crippen molar-refractivity contribution in [1.82, 2.24) is 9.21 Å². The van der Waals surface area contributed by atoms with E-state index in [0.717, 1.165) is 32.4 Å². The molecule has 0 saturated heterocycles. The minimum absolute atomic E-state index is 0.392. The number of nitrogens with zero attached hydrogens (tertiary/aromatic N) is 2. The number of benzene rings is 2. The largest absolute Gasteiger partial charge is 0.296 e. The van der Waals surface area contributed by atoms with Crippen molar-refractivity contribution < 1.29 is 8.42 Å². The van der Waals surface area contributed by atoms with Crippen LogP contribution in [0.1, 0.15) is 48.9 Å². The zero-order chi connectivity index (χ0) is 19.6. The Labute approximate surface area is 169 Å². The van der Waals surface area contributed by atoms with Crippen LogP contribution in [0.4, 0.5) is 0 Å². The third-order valence-electron chi connectivity index (χ3n) is 6.25. The van der Waals surface area contributed by atoms with Gasteiger partial charge in [-0.2, -0.15) is 4.31 Å². The SMILES string of the molecule is CCN(CCCCN1CCc2cccc3c2C1CC3)S(=O)(=O)c1ccccc1. The quantitative estimate of drug-likeness (QED) is 0.631. The Hall–Kier alpha value is -1.69. The molecule has 0 aromatic heterocycles. The maximum Gasteiger partial charge on any atom is 0.243 e. The minimum atomic E-state index is -3.38. The van der Waals surface area contributed by atoms with Gasteiger partial charge in [-0.05, 0) is 67.5 Å². The molecule has 2 aliphatic rings. The normalized spacial score (nSPS) is 19.1. The van der Waals surface area contributed by atoms with Crippen molar-refractivity contribution in [3.05, 3.63) is 65.2 Å². The summed E-state index contributed by atoms with van der Waals surface area (Å²) in [4.78, 5) is 3.02. The summed E-state index contributed by atoms with van der Waals surface area (Å²) in [5, 5.41) is 0. The average molecular weight is 399 g/mol. The fraction of sp³-hybridized carbons (Fsp3) is 0.478. The third kappa shape index (κ3) is 3.76. The van der Waals surface area contributed by atoms with Crippen LogP contribution in [0.2, 0.25) is 0 Å². The summed E-state index contributed by atoms with van der Waals surface area (Å²) in [5.74, 6) is 0. The first-order valence-electron chi connectivity index (χ1n) is 10.5. The summed E-state index contributed by atoms with van der Waals surface area (Å²) < 4.78 is 27.2. The summed E-state index contributed by atoms with van der Waals surface area (Å²) >= 11 is 0. The second-order valence-electron chi connectivity index (χ2n) is 7.85. The first-order valence-corrected chi connectivity index (χ1v) is 11.9. The number of hydrogen-bond donors (Lipinski definition) is 0. The van der Waals surface area contributed by atoms with E-state index >= 15 is 0 Å². The zero-order valence-electron chi connectivity index (χ0n) is 16.7. The summed E-state index contributed by atoms with van der Waals surface area (Å²) in [6.45, 7) is 5.21. The molecule has 4 nitrogen and oxygen atoms in total. The van der Waals surface area contributed by atoms with Gasteiger partial charge in [0.15, 0.2) is 0 Å². The third-order valence-corrected chi connectivity index (χ3v) is 8.24. The topological polar surface area (TPSA) is 40.6 Å². The standard InChI is InChI=1S/C23H30N2O2S/c1-2-25(28(26,27)21-11-4-3-5-12-21)17-7-6-16-24-18-15-20-10-8-9-19-13-14-22(24)23(19)20/h3-5,8-12,22H,2,6-7,13-18H2,1H3. The molecule has 0 N–H and O–H groups in total. The van der Waals surface area contributed by atoms with Gasteiger partial charge in [0.2, 0.25) is 10.0 Å². The molecule has 0 saturated carbocycles. The van der Waals surface area contributed by atoms with Crippen molar-refractivity contribution >= 4 is 10.0 Å². The van der Waals surface area contributed by atoms with E-state index in [1.165, 1.54) is 12.8 Å². The number of unbranched alkanes of at least 4 members (excludes halogenated alkanes) is 1. The molecule has 0 bridgehead atoms. The van der Waals surface area contributed by atoms with Crippen LogP contribution in [-0.2, 0) is 22.9 Å². The fourth-order valence-corrected chi connectivity index (χ4v) is 6.32. The first kappa shape index (κ1) is 19.6. The van der Waals surface area contributed by atoms with E-state index in [9.17, 15) is 8.42 Å². The summed E-state index contributed by atoms with van der Waals surface area (Å²) in [6.07, 6.45) is 5.51. The molecule has 1 atom stereocenters. The van der Waals surface area contributed by atoms with Crippen molar-refractivity contribution in [3.63, 3.8) is 0 Å². The number of sulfonamides is 1. The lowest BCUT2D eigenvalue weighted by atomic mass is 9.93. The summed E-state index contributed by atoms with van der Waals surface area (Å²) in [6, 6.07) is 16.1. The lowest BCUT2D eigenvalue weighted by Crippen LogP contribution is -2.36. The van der Waals surface area contributed by atoms with Gasteiger partial charge < -0.3 is 0 Å². The van der Waals surface area contributed by atoms with Gasteiger partial charge in [0.1, 0.15) is 0 Å². The number of rotatable bonds is 8. The van der Waals surface area contributed by atoms with Gasteiger partial charge in [-0.1, -0.05) is 43.3 Å². The van der Waals surface area contributed by atoms with Crippen LogP contribution in [0.5, 0.6) is 0 Å². The van der Waals surface area contributed by atoms with E-state index in [4.69, 9.17) is 0 Å². The van der Waals surface area contributed by atoms with Crippen LogP contribution < -0.4 is 0 Å². The molecule has 28 heavy (non-hydrogen) atoms. The van der Waals surface area contributed by atoms with E-state index in [-0.39, 0.29) is 0 Å². The average Bonchev–Trinajstić information content (AvgIpc) is 3.16. The van der Waals surface area contributed by atoms with Crippen LogP contribution in [-0.4, -0.2) is 43.8 Å². The van der Waals surface area contributed by atoms with Crippen LogP contribution in [0.25, 0.3) is 0 Å². The van der Waals surface area contributed by atoms with Gasteiger partial charge >= 0.3 is 0 Å². The second kappa shape index (κ2) is 8.36. The number of aryl methyl sites for hydroxylation is 1. The van der Waals surface area contributed by atoms with Gasteiger partial charge in [0, 0.05) is 25.7 Å². The molecule has 4 rings (SSSR count). The molecule has 2 aromatic rings. The molecular formula is C23H30N2O2S. The lowest BCUT2D eigenvalue weighted by molar-refractivity contribution is 0.181. The van der Waals surface area contributed by atoms with Crippen LogP contribution in [0.3, 0.4) is 0 Å². The van der Waals surface area contributed by atoms with Gasteiger partial charge in [-0.25, -0.2) is 8.42 Å². The van der Waals surface area contributed by atoms with Crippen molar-refractivity contribution in [3.8, 4) is 0 Å². The molecule has 1 aliphatic heterocycles. The highest BCUT2D eigenvalue weighted by molar-refractivity contribution is 7.89. The molecule has 2 aromatic carbocycles. The zero-order valence-corrected chi connectivity index (χ0v) is 17.5. The molecule has 1 heterocycles. The van der Waals surface area contributed by atoms with Gasteiger partial charge in [-0.15, -0.1) is 0 Å². The predicted octanol–water partition coefficient (Wildman–Crippen LogP) is 4.02. The Morgan fingerprint density at radius 2 is 1.75 bits per heavy atom. The summed E-state index contributed by atoms with van der Waals surface area (Å²) in [5.41, 5.74) is 4.68. The van der Waals surface area contributed by atoms with Crippen LogP contribution >= 0.6 is 0 Å². The van der Waals surface area contributed by atoms with E-state index < -0.39 is 10.0 Å². The van der Waals surface area contributed by atoms with Gasteiger partial charge in [0.25, 0.3) is 0 Å². The maximum atomic E-state index is 12.8. The highest BCUT2D eigenvalue weighted by Gasteiger charge is 2.33. The predicted molar refractivity (Wildman–Crippen MR) is 113 cm³/mol. The molecule has 5 heteroatoms. The Bertz CT molecular complexity index is 911. The first-order chi connectivity index (χ1) is 13.6. The minimum Gasteiger partial charge on any atom is -0.296 e. The maximum absolute atomic E-state index is 12.8. The van der Waals surface area contributed by atoms with Gasteiger partial charge in [-0.3, -0.25) is 4.90 Å². The van der Waals surface area contributed by atoms with Crippen molar-refractivity contribution in [2.24, 2.45) is 0 Å². The Morgan fingerprint density at radius 1 is 1.00 bits per heavy atom. The molecule has 150 valence electrons. The monoisotopic (exact) mass is 398 g/mol. The fourth-order valence-electron chi connectivity index (χ4n) is 4.81. The van der Waals surface area contributed by atoms with E-state index in [0.29, 0.717) is 24.0 Å². The van der Waals surface area contributed by atoms with Crippen molar-refractivity contribution in [1.29, 1.82) is 0 Å². The Balaban J connectivity index is 1.32. The van der Waals surface area contributed by atoms with E-state index in [2.05, 4.69) is 23.1 Å². The molecule has 0 amide bonds. The van der Waals surface area contributed by atoms with Crippen LogP contribution in [0, 0.1) is 0 Å². The summed E-state index contributed by atoms with van der Waals surface area (Å²) in [7, 11) is -3.38. The molecule has 0 spiro atoms. The van der Waals surface area contributed by atoms with Crippen molar-refractivity contribution in [2.75, 3.05) is 26.2 Å². The Morgan fingerprint density at radius 3 is 2.50 bits per heavy atom. The second-order valence-corrected chi connectivity index (χ2v) is 9.79. The highest BCUT2D eigenvalue weighted by atomic mass is 32.2. The van der Waals surface area contributed by atoms with Crippen molar-refractivity contribution in [2.45, 2.75) is 50.0 Å². The lowest BCUT2D eigenvalue weighted by Gasteiger charge is -2.35. The van der Waals surface area contributed by atoms with Crippen LogP contribution in [0.15, 0.2) is 53.4 Å². The van der Waals surface area contributed by atoms with E-state index in [1.54, 1.807) is 45.3 Å². The molecule has 1 unspecified atom stereocenters. The Kier molecular flexibility index (Phi) is 5.85.